The minimum Gasteiger partial charge on any atom is -0.395 e. The number of aliphatic hydroxyl groups is 1. The van der Waals surface area contributed by atoms with Crippen molar-refractivity contribution >= 4 is 11.8 Å². The Morgan fingerprint density at radius 3 is 2.88 bits per heavy atom. The molecule has 0 saturated heterocycles. The lowest BCUT2D eigenvalue weighted by atomic mass is 10.3. The number of nitrogens with zero attached hydrogens (tertiary/aromatic N) is 3. The highest BCUT2D eigenvalue weighted by Gasteiger charge is 2.11. The molecule has 0 atom stereocenters. The third kappa shape index (κ3) is 3.32. The average Bonchev–Trinajstić information content (AvgIpc) is 2.28. The van der Waals surface area contributed by atoms with E-state index in [0.717, 1.165) is 11.4 Å². The fraction of sp³-hybridized carbons (Fsp3) is 0.600. The molecular weight excluding hydrogens is 208 g/mol. The lowest BCUT2D eigenvalue weighted by Crippen LogP contribution is -2.31. The molecule has 6 nitrogen and oxygen atoms in total. The Kier molecular flexibility index (Phi) is 4.94. The monoisotopic (exact) mass is 226 g/mol. The van der Waals surface area contributed by atoms with Gasteiger partial charge in [-0.15, -0.1) is 0 Å². The number of aryl methyl sites for hydroxylation is 1. The van der Waals surface area contributed by atoms with E-state index in [4.69, 9.17) is 15.6 Å². The first-order chi connectivity index (χ1) is 7.69. The van der Waals surface area contributed by atoms with Gasteiger partial charge >= 0.3 is 0 Å². The number of aliphatic hydroxyl groups excluding tert-OH is 1. The summed E-state index contributed by atoms with van der Waals surface area (Å²) in [5.41, 5.74) is 6.48. The van der Waals surface area contributed by atoms with Crippen LogP contribution in [0.3, 0.4) is 0 Å². The molecule has 1 aromatic heterocycles. The molecule has 0 aromatic carbocycles. The van der Waals surface area contributed by atoms with E-state index in [2.05, 4.69) is 9.97 Å². The summed E-state index contributed by atoms with van der Waals surface area (Å²) < 4.78 is 5.01. The molecule has 0 aliphatic rings. The predicted octanol–water partition coefficient (Wildman–Crippen LogP) is -0.188. The topological polar surface area (TPSA) is 84.5 Å². The smallest absolute Gasteiger partial charge is 0.221 e. The summed E-state index contributed by atoms with van der Waals surface area (Å²) in [4.78, 5) is 10.0. The Balaban J connectivity index is 2.85. The first-order valence-corrected chi connectivity index (χ1v) is 5.13. The van der Waals surface area contributed by atoms with Gasteiger partial charge in [-0.2, -0.15) is 4.98 Å². The molecule has 16 heavy (non-hydrogen) atoms. The zero-order chi connectivity index (χ0) is 12.0. The van der Waals surface area contributed by atoms with Crippen LogP contribution in [0.25, 0.3) is 0 Å². The fourth-order valence-corrected chi connectivity index (χ4v) is 1.41. The van der Waals surface area contributed by atoms with Gasteiger partial charge in [0.15, 0.2) is 0 Å². The number of aromatic nitrogens is 2. The van der Waals surface area contributed by atoms with E-state index < -0.39 is 0 Å². The number of hydrogen-bond acceptors (Lipinski definition) is 6. The van der Waals surface area contributed by atoms with E-state index in [1.165, 1.54) is 0 Å². The molecule has 0 radical (unpaired) electrons. The normalized spacial score (nSPS) is 10.4. The van der Waals surface area contributed by atoms with Gasteiger partial charge in [-0.25, -0.2) is 4.98 Å². The zero-order valence-electron chi connectivity index (χ0n) is 9.68. The van der Waals surface area contributed by atoms with Crippen molar-refractivity contribution in [2.75, 3.05) is 44.0 Å². The SMILES string of the molecule is COCCN(CCO)c1nc(N)ncc1C. The summed E-state index contributed by atoms with van der Waals surface area (Å²) in [6.45, 7) is 3.71. The van der Waals surface area contributed by atoms with Crippen LogP contribution in [0.15, 0.2) is 6.20 Å². The van der Waals surface area contributed by atoms with Gasteiger partial charge < -0.3 is 20.5 Å². The van der Waals surface area contributed by atoms with Crippen molar-refractivity contribution in [1.29, 1.82) is 0 Å². The summed E-state index contributed by atoms with van der Waals surface area (Å²) in [5.74, 6) is 0.986. The maximum Gasteiger partial charge on any atom is 0.221 e. The van der Waals surface area contributed by atoms with Crippen molar-refractivity contribution in [3.63, 3.8) is 0 Å². The van der Waals surface area contributed by atoms with E-state index in [-0.39, 0.29) is 12.6 Å². The zero-order valence-corrected chi connectivity index (χ0v) is 9.68. The second-order valence-electron chi connectivity index (χ2n) is 3.44. The molecule has 1 heterocycles. The maximum absolute atomic E-state index is 9.00. The van der Waals surface area contributed by atoms with E-state index in [9.17, 15) is 0 Å². The van der Waals surface area contributed by atoms with Gasteiger partial charge in [0, 0.05) is 32.0 Å². The molecule has 90 valence electrons. The minimum absolute atomic E-state index is 0.0626. The lowest BCUT2D eigenvalue weighted by molar-refractivity contribution is 0.202. The standard InChI is InChI=1S/C10H18N4O2/c1-8-7-12-10(11)13-9(8)14(3-5-15)4-6-16-2/h7,15H,3-6H2,1-2H3,(H2,11,12,13). The van der Waals surface area contributed by atoms with Crippen LogP contribution in [0, 0.1) is 6.92 Å². The quantitative estimate of drug-likeness (QED) is 0.699. The van der Waals surface area contributed by atoms with Crippen molar-refractivity contribution in [1.82, 2.24) is 9.97 Å². The summed E-state index contributed by atoms with van der Waals surface area (Å²) in [5, 5.41) is 9.00. The van der Waals surface area contributed by atoms with Gasteiger partial charge in [0.05, 0.1) is 13.2 Å². The third-order valence-electron chi connectivity index (χ3n) is 2.20. The van der Waals surface area contributed by atoms with Crippen molar-refractivity contribution in [2.24, 2.45) is 0 Å². The summed E-state index contributed by atoms with van der Waals surface area (Å²) in [6, 6.07) is 0. The Morgan fingerprint density at radius 2 is 2.25 bits per heavy atom. The first-order valence-electron chi connectivity index (χ1n) is 5.13. The van der Waals surface area contributed by atoms with Gasteiger partial charge in [0.2, 0.25) is 5.95 Å². The van der Waals surface area contributed by atoms with Gasteiger partial charge in [-0.05, 0) is 6.92 Å². The van der Waals surface area contributed by atoms with Crippen LogP contribution in [0.5, 0.6) is 0 Å². The average molecular weight is 226 g/mol. The van der Waals surface area contributed by atoms with Crippen molar-refractivity contribution in [3.8, 4) is 0 Å². The Hall–Kier alpha value is -1.40. The highest BCUT2D eigenvalue weighted by atomic mass is 16.5. The van der Waals surface area contributed by atoms with Gasteiger partial charge in [-0.1, -0.05) is 0 Å². The largest absolute Gasteiger partial charge is 0.395 e. The van der Waals surface area contributed by atoms with E-state index in [1.54, 1.807) is 13.3 Å². The van der Waals surface area contributed by atoms with E-state index in [0.29, 0.717) is 19.7 Å². The molecular formula is C10H18N4O2. The van der Waals surface area contributed by atoms with Gasteiger partial charge in [-0.3, -0.25) is 0 Å². The molecule has 3 N–H and O–H groups in total. The van der Waals surface area contributed by atoms with Crippen LogP contribution in [-0.4, -0.2) is 48.5 Å². The second kappa shape index (κ2) is 6.24. The van der Waals surface area contributed by atoms with Crippen molar-refractivity contribution < 1.29 is 9.84 Å². The summed E-state index contributed by atoms with van der Waals surface area (Å²) in [7, 11) is 1.64. The maximum atomic E-state index is 9.00. The summed E-state index contributed by atoms with van der Waals surface area (Å²) >= 11 is 0. The van der Waals surface area contributed by atoms with E-state index >= 15 is 0 Å². The molecule has 0 amide bonds. The van der Waals surface area contributed by atoms with Crippen LogP contribution in [0.4, 0.5) is 11.8 Å². The number of hydrogen-bond donors (Lipinski definition) is 2. The molecule has 0 spiro atoms. The van der Waals surface area contributed by atoms with E-state index in [1.807, 2.05) is 11.8 Å². The number of anilines is 2. The third-order valence-corrected chi connectivity index (χ3v) is 2.20. The molecule has 0 aliphatic heterocycles. The molecule has 1 aromatic rings. The number of rotatable bonds is 6. The molecule has 0 bridgehead atoms. The van der Waals surface area contributed by atoms with Crippen molar-refractivity contribution in [2.45, 2.75) is 6.92 Å². The van der Waals surface area contributed by atoms with Crippen LogP contribution >= 0.6 is 0 Å². The Bertz CT molecular complexity index is 333. The van der Waals surface area contributed by atoms with Gasteiger partial charge in [0.1, 0.15) is 5.82 Å². The first kappa shape index (κ1) is 12.7. The summed E-state index contributed by atoms with van der Waals surface area (Å²) in [6.07, 6.45) is 1.68. The fourth-order valence-electron chi connectivity index (χ4n) is 1.41. The highest BCUT2D eigenvalue weighted by Crippen LogP contribution is 2.16. The lowest BCUT2D eigenvalue weighted by Gasteiger charge is -2.23. The number of methoxy groups -OCH3 is 1. The van der Waals surface area contributed by atoms with Gasteiger partial charge in [0.25, 0.3) is 0 Å². The minimum atomic E-state index is 0.0626. The molecule has 0 unspecified atom stereocenters. The Morgan fingerprint density at radius 1 is 1.50 bits per heavy atom. The molecule has 6 heteroatoms. The number of nitrogen functional groups attached to an aromatic ring is 1. The van der Waals surface area contributed by atoms with Crippen LogP contribution in [-0.2, 0) is 4.74 Å². The second-order valence-corrected chi connectivity index (χ2v) is 3.44. The molecule has 0 aliphatic carbocycles. The Labute approximate surface area is 95.1 Å². The van der Waals surface area contributed by atoms with Crippen LogP contribution in [0.2, 0.25) is 0 Å². The molecule has 1 rings (SSSR count). The van der Waals surface area contributed by atoms with Crippen molar-refractivity contribution in [3.05, 3.63) is 11.8 Å². The number of nitrogens with two attached hydrogens (primary N) is 1. The van der Waals surface area contributed by atoms with Crippen LogP contribution in [0.1, 0.15) is 5.56 Å². The molecule has 0 saturated carbocycles. The van der Waals surface area contributed by atoms with Crippen LogP contribution < -0.4 is 10.6 Å². The predicted molar refractivity (Wildman–Crippen MR) is 62.4 cm³/mol. The molecule has 0 fully saturated rings. The highest BCUT2D eigenvalue weighted by molar-refractivity contribution is 5.47. The number of ether oxygens (including phenoxy) is 1.